The monoisotopic (exact) mass is 409 g/mol. The molecule has 152 valence electrons. The average molecular weight is 410 g/mol. The number of fused-ring (bicyclic) bond motifs is 3. The van der Waals surface area contributed by atoms with Crippen LogP contribution in [0.1, 0.15) is 36.6 Å². The lowest BCUT2D eigenvalue weighted by Crippen LogP contribution is -2.25. The van der Waals surface area contributed by atoms with Gasteiger partial charge in [-0.05, 0) is 54.7 Å². The van der Waals surface area contributed by atoms with Crippen LogP contribution in [-0.2, 0) is 34.8 Å². The third-order valence-corrected chi connectivity index (χ3v) is 7.48. The highest BCUT2D eigenvalue weighted by molar-refractivity contribution is 7.90. The Morgan fingerprint density at radius 3 is 2.72 bits per heavy atom. The van der Waals surface area contributed by atoms with Gasteiger partial charge in [0, 0.05) is 47.6 Å². The molecule has 1 aromatic carbocycles. The largest absolute Gasteiger partial charge is 0.363 e. The maximum absolute atomic E-state index is 11.8. The van der Waals surface area contributed by atoms with E-state index in [-0.39, 0.29) is 5.75 Å². The zero-order chi connectivity index (χ0) is 20.2. The van der Waals surface area contributed by atoms with Crippen molar-refractivity contribution in [3.8, 4) is 0 Å². The first-order valence-corrected chi connectivity index (χ1v) is 12.4. The van der Waals surface area contributed by atoms with E-state index in [1.807, 2.05) is 12.4 Å². The zero-order valence-corrected chi connectivity index (χ0v) is 17.9. The molecule has 5 nitrogen and oxygen atoms in total. The maximum Gasteiger partial charge on any atom is 0.149 e. The summed E-state index contributed by atoms with van der Waals surface area (Å²) >= 11 is 0. The van der Waals surface area contributed by atoms with Crippen molar-refractivity contribution in [1.29, 1.82) is 0 Å². The summed E-state index contributed by atoms with van der Waals surface area (Å²) in [5, 5.41) is 1.19. The minimum atomic E-state index is -3.03. The SMILES string of the molecule is CCc1ccc2c(c1)cc(CN1CC3(CC3)c3ccncc31)n2CCS(C)(=O)=O. The van der Waals surface area contributed by atoms with Crippen LogP contribution in [-0.4, -0.2) is 36.5 Å². The third kappa shape index (κ3) is 3.33. The number of nitrogens with zero attached hydrogens (tertiary/aromatic N) is 3. The highest BCUT2D eigenvalue weighted by Gasteiger charge is 2.51. The van der Waals surface area contributed by atoms with Gasteiger partial charge >= 0.3 is 0 Å². The zero-order valence-electron chi connectivity index (χ0n) is 17.1. The first-order valence-electron chi connectivity index (χ1n) is 10.4. The minimum absolute atomic E-state index is 0.154. The normalized spacial score (nSPS) is 17.2. The second-order valence-electron chi connectivity index (χ2n) is 8.69. The molecule has 1 aliphatic carbocycles. The third-order valence-electron chi connectivity index (χ3n) is 6.56. The van der Waals surface area contributed by atoms with Crippen molar-refractivity contribution in [2.45, 2.75) is 44.7 Å². The molecule has 6 heteroatoms. The Kier molecular flexibility index (Phi) is 4.24. The van der Waals surface area contributed by atoms with Gasteiger partial charge in [-0.2, -0.15) is 0 Å². The number of hydrogen-bond acceptors (Lipinski definition) is 4. The summed E-state index contributed by atoms with van der Waals surface area (Å²) in [6.07, 6.45) is 8.69. The Labute approximate surface area is 172 Å². The number of aromatic nitrogens is 2. The molecule has 0 radical (unpaired) electrons. The number of anilines is 1. The van der Waals surface area contributed by atoms with Crippen molar-refractivity contribution in [2.24, 2.45) is 0 Å². The Hall–Kier alpha value is -2.34. The topological polar surface area (TPSA) is 55.2 Å². The Balaban J connectivity index is 1.54. The summed E-state index contributed by atoms with van der Waals surface area (Å²) in [7, 11) is -3.03. The lowest BCUT2D eigenvalue weighted by Gasteiger charge is -2.21. The van der Waals surface area contributed by atoms with Crippen LogP contribution in [0.15, 0.2) is 42.7 Å². The molecule has 0 saturated heterocycles. The van der Waals surface area contributed by atoms with Gasteiger partial charge in [-0.3, -0.25) is 4.98 Å². The van der Waals surface area contributed by atoms with Gasteiger partial charge in [0.2, 0.25) is 0 Å². The van der Waals surface area contributed by atoms with E-state index >= 15 is 0 Å². The minimum Gasteiger partial charge on any atom is -0.363 e. The number of pyridine rings is 1. The Morgan fingerprint density at radius 2 is 2.00 bits per heavy atom. The van der Waals surface area contributed by atoms with Crippen molar-refractivity contribution in [3.63, 3.8) is 0 Å². The standard InChI is InChI=1S/C23H27N3O2S/c1-3-17-4-5-21-18(12-17)13-19(26(21)10-11-29(2,27)28)15-25-16-23(7-8-23)20-6-9-24-14-22(20)25/h4-6,9,12-14H,3,7-8,10-11,15-16H2,1-2H3. The number of aryl methyl sites for hydroxylation is 2. The fourth-order valence-electron chi connectivity index (χ4n) is 4.79. The molecule has 2 aliphatic rings. The molecule has 1 saturated carbocycles. The van der Waals surface area contributed by atoms with Gasteiger partial charge in [0.1, 0.15) is 9.84 Å². The second kappa shape index (κ2) is 6.59. The molecule has 2 aromatic heterocycles. The molecular weight excluding hydrogens is 382 g/mol. The Bertz CT molecular complexity index is 1190. The number of hydrogen-bond donors (Lipinski definition) is 0. The molecule has 3 heterocycles. The first kappa shape index (κ1) is 18.7. The van der Waals surface area contributed by atoms with Crippen LogP contribution in [0.4, 0.5) is 5.69 Å². The van der Waals surface area contributed by atoms with E-state index in [9.17, 15) is 8.42 Å². The van der Waals surface area contributed by atoms with Crippen molar-refractivity contribution in [3.05, 3.63) is 59.5 Å². The fraction of sp³-hybridized carbons (Fsp3) is 0.435. The fourth-order valence-corrected chi connectivity index (χ4v) is 5.30. The van der Waals surface area contributed by atoms with Gasteiger partial charge in [-0.25, -0.2) is 8.42 Å². The van der Waals surface area contributed by atoms with Crippen LogP contribution in [0.3, 0.4) is 0 Å². The summed E-state index contributed by atoms with van der Waals surface area (Å²) in [5.41, 5.74) is 6.57. The van der Waals surface area contributed by atoms with E-state index in [4.69, 9.17) is 0 Å². The van der Waals surface area contributed by atoms with Crippen molar-refractivity contribution < 1.29 is 8.42 Å². The summed E-state index contributed by atoms with van der Waals surface area (Å²) in [6.45, 7) is 4.45. The highest BCUT2D eigenvalue weighted by Crippen LogP contribution is 2.56. The second-order valence-corrected chi connectivity index (χ2v) is 11.0. The van der Waals surface area contributed by atoms with Crippen molar-refractivity contribution in [1.82, 2.24) is 9.55 Å². The molecule has 1 spiro atoms. The quantitative estimate of drug-likeness (QED) is 0.623. The van der Waals surface area contributed by atoms with Crippen LogP contribution >= 0.6 is 0 Å². The summed E-state index contributed by atoms with van der Waals surface area (Å²) in [5.74, 6) is 0.154. The van der Waals surface area contributed by atoms with Gasteiger partial charge in [0.05, 0.1) is 24.2 Å². The van der Waals surface area contributed by atoms with E-state index in [0.717, 1.165) is 25.0 Å². The maximum atomic E-state index is 11.8. The highest BCUT2D eigenvalue weighted by atomic mass is 32.2. The molecule has 0 amide bonds. The number of sulfone groups is 1. The molecule has 0 N–H and O–H groups in total. The molecule has 5 rings (SSSR count). The smallest absolute Gasteiger partial charge is 0.149 e. The van der Waals surface area contributed by atoms with Gasteiger partial charge in [-0.1, -0.05) is 13.0 Å². The van der Waals surface area contributed by atoms with Crippen LogP contribution in [0.5, 0.6) is 0 Å². The molecule has 1 aliphatic heterocycles. The first-order chi connectivity index (χ1) is 13.9. The van der Waals surface area contributed by atoms with Crippen LogP contribution in [0, 0.1) is 0 Å². The van der Waals surface area contributed by atoms with Gasteiger partial charge < -0.3 is 9.47 Å². The number of benzene rings is 1. The molecular formula is C23H27N3O2S. The predicted octanol–water partition coefficient (Wildman–Crippen LogP) is 3.70. The lowest BCUT2D eigenvalue weighted by atomic mass is 10.0. The summed E-state index contributed by atoms with van der Waals surface area (Å²) < 4.78 is 25.9. The van der Waals surface area contributed by atoms with E-state index in [0.29, 0.717) is 12.0 Å². The van der Waals surface area contributed by atoms with Gasteiger partial charge in [-0.15, -0.1) is 0 Å². The predicted molar refractivity (Wildman–Crippen MR) is 117 cm³/mol. The molecule has 29 heavy (non-hydrogen) atoms. The molecule has 1 fully saturated rings. The molecule has 0 bridgehead atoms. The van der Waals surface area contributed by atoms with Crippen LogP contribution < -0.4 is 4.90 Å². The van der Waals surface area contributed by atoms with E-state index < -0.39 is 9.84 Å². The van der Waals surface area contributed by atoms with E-state index in [2.05, 4.69) is 51.7 Å². The van der Waals surface area contributed by atoms with Crippen molar-refractivity contribution >= 4 is 26.4 Å². The molecule has 0 unspecified atom stereocenters. The number of rotatable bonds is 6. The average Bonchev–Trinajstić information content (AvgIpc) is 3.30. The lowest BCUT2D eigenvalue weighted by molar-refractivity contribution is 0.593. The summed E-state index contributed by atoms with van der Waals surface area (Å²) in [6, 6.07) is 10.9. The summed E-state index contributed by atoms with van der Waals surface area (Å²) in [4.78, 5) is 6.80. The molecule has 0 atom stereocenters. The van der Waals surface area contributed by atoms with Crippen molar-refractivity contribution in [2.75, 3.05) is 23.5 Å². The van der Waals surface area contributed by atoms with Crippen LogP contribution in [0.25, 0.3) is 10.9 Å². The van der Waals surface area contributed by atoms with Crippen LogP contribution in [0.2, 0.25) is 0 Å². The van der Waals surface area contributed by atoms with Gasteiger partial charge in [0.15, 0.2) is 0 Å². The van der Waals surface area contributed by atoms with E-state index in [1.165, 1.54) is 47.0 Å². The Morgan fingerprint density at radius 1 is 1.17 bits per heavy atom. The van der Waals surface area contributed by atoms with Gasteiger partial charge in [0.25, 0.3) is 0 Å². The van der Waals surface area contributed by atoms with E-state index in [1.54, 1.807) is 0 Å². The molecule has 3 aromatic rings.